The molecule has 0 amide bonds. The zero-order valence-electron chi connectivity index (χ0n) is 8.73. The standard InChI is InChI=1S/C12H12FN3/c13-9-2-1-3-10(6-9)16-12-8(7-15-16)4-5-11(12)14/h1-3,6-7,11H,4-5,14H2. The summed E-state index contributed by atoms with van der Waals surface area (Å²) in [7, 11) is 0. The zero-order valence-corrected chi connectivity index (χ0v) is 8.73. The van der Waals surface area contributed by atoms with Crippen molar-refractivity contribution >= 4 is 0 Å². The normalized spacial score (nSPS) is 18.8. The summed E-state index contributed by atoms with van der Waals surface area (Å²) in [6, 6.07) is 6.42. The molecule has 0 spiro atoms. The van der Waals surface area contributed by atoms with E-state index in [0.29, 0.717) is 0 Å². The summed E-state index contributed by atoms with van der Waals surface area (Å²) in [6.45, 7) is 0. The topological polar surface area (TPSA) is 43.8 Å². The highest BCUT2D eigenvalue weighted by atomic mass is 19.1. The van der Waals surface area contributed by atoms with Crippen LogP contribution in [0.25, 0.3) is 5.69 Å². The highest BCUT2D eigenvalue weighted by molar-refractivity contribution is 5.38. The van der Waals surface area contributed by atoms with Crippen LogP contribution in [0.5, 0.6) is 0 Å². The summed E-state index contributed by atoms with van der Waals surface area (Å²) < 4.78 is 14.9. The third kappa shape index (κ3) is 1.34. The van der Waals surface area contributed by atoms with E-state index in [1.165, 1.54) is 17.7 Å². The highest BCUT2D eigenvalue weighted by Crippen LogP contribution is 2.30. The van der Waals surface area contributed by atoms with Gasteiger partial charge >= 0.3 is 0 Å². The summed E-state index contributed by atoms with van der Waals surface area (Å²) in [5, 5.41) is 4.27. The summed E-state index contributed by atoms with van der Waals surface area (Å²) in [6.07, 6.45) is 3.74. The van der Waals surface area contributed by atoms with Crippen LogP contribution < -0.4 is 5.73 Å². The molecule has 2 aromatic rings. The third-order valence-electron chi connectivity index (χ3n) is 3.01. The average molecular weight is 217 g/mol. The highest BCUT2D eigenvalue weighted by Gasteiger charge is 2.24. The molecule has 3 rings (SSSR count). The molecular weight excluding hydrogens is 205 g/mol. The predicted octanol–water partition coefficient (Wildman–Crippen LogP) is 1.96. The number of nitrogens with zero attached hydrogens (tertiary/aromatic N) is 2. The van der Waals surface area contributed by atoms with Crippen LogP contribution in [0.15, 0.2) is 30.5 Å². The monoisotopic (exact) mass is 217 g/mol. The molecule has 16 heavy (non-hydrogen) atoms. The lowest BCUT2D eigenvalue weighted by atomic mass is 10.2. The first-order chi connectivity index (χ1) is 7.75. The fraction of sp³-hybridized carbons (Fsp3) is 0.250. The lowest BCUT2D eigenvalue weighted by molar-refractivity contribution is 0.620. The molecule has 0 fully saturated rings. The lowest BCUT2D eigenvalue weighted by Crippen LogP contribution is -2.12. The smallest absolute Gasteiger partial charge is 0.125 e. The molecule has 1 unspecified atom stereocenters. The van der Waals surface area contributed by atoms with Crippen LogP contribution in [-0.2, 0) is 6.42 Å². The molecule has 1 aliphatic rings. The third-order valence-corrected chi connectivity index (χ3v) is 3.01. The molecule has 1 atom stereocenters. The van der Waals surface area contributed by atoms with Gasteiger partial charge in [0.15, 0.2) is 0 Å². The lowest BCUT2D eigenvalue weighted by Gasteiger charge is -2.09. The second kappa shape index (κ2) is 3.42. The minimum atomic E-state index is -0.256. The molecule has 1 heterocycles. The van der Waals surface area contributed by atoms with E-state index < -0.39 is 0 Å². The van der Waals surface area contributed by atoms with Crippen LogP contribution in [0.1, 0.15) is 23.7 Å². The van der Waals surface area contributed by atoms with Gasteiger partial charge in [0.05, 0.1) is 17.6 Å². The van der Waals surface area contributed by atoms with Crippen molar-refractivity contribution in [2.45, 2.75) is 18.9 Å². The molecule has 4 heteroatoms. The molecule has 0 saturated carbocycles. The van der Waals surface area contributed by atoms with Crippen LogP contribution >= 0.6 is 0 Å². The van der Waals surface area contributed by atoms with E-state index in [2.05, 4.69) is 5.10 Å². The number of aromatic nitrogens is 2. The van der Waals surface area contributed by atoms with E-state index in [1.807, 2.05) is 12.3 Å². The van der Waals surface area contributed by atoms with Gasteiger partial charge in [-0.1, -0.05) is 6.07 Å². The Morgan fingerprint density at radius 1 is 1.44 bits per heavy atom. The number of hydrogen-bond acceptors (Lipinski definition) is 2. The van der Waals surface area contributed by atoms with Crippen molar-refractivity contribution in [1.29, 1.82) is 0 Å². The molecule has 0 aliphatic heterocycles. The zero-order chi connectivity index (χ0) is 11.1. The van der Waals surface area contributed by atoms with Gasteiger partial charge in [-0.25, -0.2) is 9.07 Å². The first kappa shape index (κ1) is 9.54. The Bertz CT molecular complexity index is 533. The molecule has 1 aromatic carbocycles. The first-order valence-electron chi connectivity index (χ1n) is 5.34. The number of halogens is 1. The second-order valence-electron chi connectivity index (χ2n) is 4.09. The van der Waals surface area contributed by atoms with Gasteiger partial charge in [-0.05, 0) is 36.6 Å². The van der Waals surface area contributed by atoms with Crippen LogP contribution in [0.2, 0.25) is 0 Å². The van der Waals surface area contributed by atoms with E-state index >= 15 is 0 Å². The van der Waals surface area contributed by atoms with Crippen LogP contribution in [-0.4, -0.2) is 9.78 Å². The van der Waals surface area contributed by atoms with Crippen molar-refractivity contribution < 1.29 is 4.39 Å². The fourth-order valence-electron chi connectivity index (χ4n) is 2.24. The quantitative estimate of drug-likeness (QED) is 0.793. The Hall–Kier alpha value is -1.68. The molecule has 3 nitrogen and oxygen atoms in total. The number of fused-ring (bicyclic) bond motifs is 1. The minimum Gasteiger partial charge on any atom is -0.323 e. The number of nitrogens with two attached hydrogens (primary N) is 1. The summed E-state index contributed by atoms with van der Waals surface area (Å²) in [4.78, 5) is 0. The molecule has 2 N–H and O–H groups in total. The van der Waals surface area contributed by atoms with Crippen molar-refractivity contribution in [1.82, 2.24) is 9.78 Å². The Morgan fingerprint density at radius 2 is 2.31 bits per heavy atom. The van der Waals surface area contributed by atoms with E-state index in [-0.39, 0.29) is 11.9 Å². The number of aryl methyl sites for hydroxylation is 1. The molecule has 82 valence electrons. The maximum Gasteiger partial charge on any atom is 0.125 e. The maximum atomic E-state index is 13.1. The summed E-state index contributed by atoms with van der Waals surface area (Å²) in [5.74, 6) is -0.256. The van der Waals surface area contributed by atoms with E-state index in [9.17, 15) is 4.39 Å². The summed E-state index contributed by atoms with van der Waals surface area (Å²) in [5.41, 5.74) is 8.94. The molecule has 0 radical (unpaired) electrons. The molecule has 0 saturated heterocycles. The number of benzene rings is 1. The van der Waals surface area contributed by atoms with Gasteiger partial charge in [0.25, 0.3) is 0 Å². The van der Waals surface area contributed by atoms with Crippen molar-refractivity contribution in [3.8, 4) is 5.69 Å². The van der Waals surface area contributed by atoms with Crippen LogP contribution in [0.4, 0.5) is 4.39 Å². The van der Waals surface area contributed by atoms with Gasteiger partial charge in [0, 0.05) is 6.04 Å². The van der Waals surface area contributed by atoms with Gasteiger partial charge in [-0.15, -0.1) is 0 Å². The van der Waals surface area contributed by atoms with Gasteiger partial charge < -0.3 is 5.73 Å². The van der Waals surface area contributed by atoms with Crippen molar-refractivity contribution in [2.75, 3.05) is 0 Å². The summed E-state index contributed by atoms with van der Waals surface area (Å²) >= 11 is 0. The van der Waals surface area contributed by atoms with Crippen molar-refractivity contribution in [3.05, 3.63) is 47.5 Å². The average Bonchev–Trinajstić information content (AvgIpc) is 2.82. The van der Waals surface area contributed by atoms with E-state index in [0.717, 1.165) is 24.2 Å². The maximum absolute atomic E-state index is 13.1. The molecule has 1 aromatic heterocycles. The van der Waals surface area contributed by atoms with Gasteiger partial charge in [0.1, 0.15) is 5.82 Å². The van der Waals surface area contributed by atoms with E-state index in [4.69, 9.17) is 5.73 Å². The second-order valence-corrected chi connectivity index (χ2v) is 4.09. The molecule has 0 bridgehead atoms. The SMILES string of the molecule is NC1CCc2cnn(-c3cccc(F)c3)c21. The molecule has 1 aliphatic carbocycles. The van der Waals surface area contributed by atoms with Gasteiger partial charge in [-0.3, -0.25) is 0 Å². The van der Waals surface area contributed by atoms with Crippen LogP contribution in [0, 0.1) is 5.82 Å². The van der Waals surface area contributed by atoms with Crippen molar-refractivity contribution in [2.24, 2.45) is 5.73 Å². The largest absolute Gasteiger partial charge is 0.323 e. The van der Waals surface area contributed by atoms with E-state index in [1.54, 1.807) is 10.7 Å². The number of hydrogen-bond donors (Lipinski definition) is 1. The first-order valence-corrected chi connectivity index (χ1v) is 5.34. The Morgan fingerprint density at radius 3 is 3.12 bits per heavy atom. The Kier molecular flexibility index (Phi) is 2.04. The van der Waals surface area contributed by atoms with Crippen LogP contribution in [0.3, 0.4) is 0 Å². The van der Waals surface area contributed by atoms with Crippen molar-refractivity contribution in [3.63, 3.8) is 0 Å². The number of rotatable bonds is 1. The molecular formula is C12H12FN3. The van der Waals surface area contributed by atoms with Gasteiger partial charge in [-0.2, -0.15) is 5.10 Å². The Balaban J connectivity index is 2.14. The Labute approximate surface area is 92.7 Å². The predicted molar refractivity (Wildman–Crippen MR) is 58.8 cm³/mol. The minimum absolute atomic E-state index is 0.0146. The fourth-order valence-corrected chi connectivity index (χ4v) is 2.24. The van der Waals surface area contributed by atoms with Gasteiger partial charge in [0.2, 0.25) is 0 Å².